The number of benzene rings is 1. The highest BCUT2D eigenvalue weighted by Crippen LogP contribution is 2.23. The van der Waals surface area contributed by atoms with Gasteiger partial charge in [-0.2, -0.15) is 0 Å². The molecule has 0 aliphatic rings. The van der Waals surface area contributed by atoms with E-state index in [1.807, 2.05) is 31.2 Å². The zero-order chi connectivity index (χ0) is 12.1. The van der Waals surface area contributed by atoms with Gasteiger partial charge in [-0.3, -0.25) is 0 Å². The second kappa shape index (κ2) is 5.63. The Morgan fingerprint density at radius 1 is 1.29 bits per heavy atom. The molecule has 17 heavy (non-hydrogen) atoms. The highest BCUT2D eigenvalue weighted by Gasteiger charge is 2.08. The van der Waals surface area contributed by atoms with Crippen molar-refractivity contribution in [1.82, 2.24) is 10.2 Å². The molecule has 0 saturated heterocycles. The van der Waals surface area contributed by atoms with Crippen LogP contribution in [0.1, 0.15) is 12.0 Å². The molecule has 0 bridgehead atoms. The van der Waals surface area contributed by atoms with Crippen LogP contribution in [0.4, 0.5) is 0 Å². The zero-order valence-electron chi connectivity index (χ0n) is 9.42. The van der Waals surface area contributed by atoms with Gasteiger partial charge in [-0.1, -0.05) is 29.5 Å². The van der Waals surface area contributed by atoms with Gasteiger partial charge in [0, 0.05) is 17.7 Å². The third-order valence-electron chi connectivity index (χ3n) is 2.17. The van der Waals surface area contributed by atoms with Gasteiger partial charge in [0.1, 0.15) is 6.29 Å². The van der Waals surface area contributed by atoms with E-state index in [2.05, 4.69) is 10.2 Å². The molecule has 5 heteroatoms. The van der Waals surface area contributed by atoms with Crippen molar-refractivity contribution >= 4 is 18.0 Å². The fraction of sp³-hybridized carbons (Fsp3) is 0.250. The molecule has 88 valence electrons. The zero-order valence-corrected chi connectivity index (χ0v) is 10.2. The molecule has 0 radical (unpaired) electrons. The number of nitrogens with zero attached hydrogens (tertiary/aromatic N) is 2. The molecule has 0 fully saturated rings. The van der Waals surface area contributed by atoms with Crippen LogP contribution >= 0.6 is 11.8 Å². The van der Waals surface area contributed by atoms with Crippen molar-refractivity contribution in [2.24, 2.45) is 0 Å². The molecular formula is C12H12N2O2S. The number of carbonyl (C=O) groups is 1. The molecule has 0 aliphatic heterocycles. The lowest BCUT2D eigenvalue weighted by molar-refractivity contribution is -0.107. The first kappa shape index (κ1) is 11.9. The molecule has 0 amide bonds. The Morgan fingerprint density at radius 3 is 2.76 bits per heavy atom. The summed E-state index contributed by atoms with van der Waals surface area (Å²) in [5.41, 5.74) is 2.10. The van der Waals surface area contributed by atoms with Crippen molar-refractivity contribution in [2.75, 3.05) is 5.75 Å². The van der Waals surface area contributed by atoms with Crippen molar-refractivity contribution in [3.05, 3.63) is 29.8 Å². The second-order valence-electron chi connectivity index (χ2n) is 3.54. The quantitative estimate of drug-likeness (QED) is 0.462. The highest BCUT2D eigenvalue weighted by atomic mass is 32.2. The van der Waals surface area contributed by atoms with Crippen LogP contribution in [0.25, 0.3) is 11.5 Å². The van der Waals surface area contributed by atoms with Gasteiger partial charge in [0.15, 0.2) is 0 Å². The lowest BCUT2D eigenvalue weighted by Gasteiger charge is -1.95. The Morgan fingerprint density at radius 2 is 2.06 bits per heavy atom. The lowest BCUT2D eigenvalue weighted by atomic mass is 10.1. The minimum atomic E-state index is 0.493. The average Bonchev–Trinajstić information content (AvgIpc) is 2.79. The monoisotopic (exact) mass is 248 g/mol. The van der Waals surface area contributed by atoms with Crippen molar-refractivity contribution < 1.29 is 9.21 Å². The van der Waals surface area contributed by atoms with Crippen LogP contribution < -0.4 is 0 Å². The summed E-state index contributed by atoms with van der Waals surface area (Å²) in [6.07, 6.45) is 1.37. The molecule has 0 aliphatic carbocycles. The van der Waals surface area contributed by atoms with Crippen LogP contribution in [0.2, 0.25) is 0 Å². The lowest BCUT2D eigenvalue weighted by Crippen LogP contribution is -1.80. The first-order valence-corrected chi connectivity index (χ1v) is 6.25. The maximum Gasteiger partial charge on any atom is 0.276 e. The first-order chi connectivity index (χ1) is 8.29. The SMILES string of the molecule is Cc1ccc(-c2nnc(SCCC=O)o2)cc1. The number of rotatable bonds is 5. The van der Waals surface area contributed by atoms with Crippen LogP contribution in [-0.2, 0) is 4.79 Å². The van der Waals surface area contributed by atoms with E-state index < -0.39 is 0 Å². The van der Waals surface area contributed by atoms with Gasteiger partial charge >= 0.3 is 0 Å². The van der Waals surface area contributed by atoms with E-state index in [0.29, 0.717) is 23.3 Å². The highest BCUT2D eigenvalue weighted by molar-refractivity contribution is 7.99. The first-order valence-electron chi connectivity index (χ1n) is 5.26. The van der Waals surface area contributed by atoms with E-state index in [1.54, 1.807) is 0 Å². The minimum Gasteiger partial charge on any atom is -0.411 e. The summed E-state index contributed by atoms with van der Waals surface area (Å²) in [5.74, 6) is 1.18. The van der Waals surface area contributed by atoms with Crippen LogP contribution in [0.5, 0.6) is 0 Å². The molecule has 2 rings (SSSR count). The molecule has 0 N–H and O–H groups in total. The van der Waals surface area contributed by atoms with Gasteiger partial charge in [0.2, 0.25) is 5.89 Å². The minimum absolute atomic E-state index is 0.493. The third-order valence-corrected chi connectivity index (χ3v) is 3.02. The standard InChI is InChI=1S/C12H12N2O2S/c1-9-3-5-10(6-4-9)11-13-14-12(16-11)17-8-2-7-15/h3-7H,2,8H2,1H3. The number of aryl methyl sites for hydroxylation is 1. The van der Waals surface area contributed by atoms with E-state index in [-0.39, 0.29) is 0 Å². The number of carbonyl (C=O) groups excluding carboxylic acids is 1. The smallest absolute Gasteiger partial charge is 0.276 e. The van der Waals surface area contributed by atoms with Gasteiger partial charge in [0.05, 0.1) is 0 Å². The molecule has 0 atom stereocenters. The predicted molar refractivity (Wildman–Crippen MR) is 65.9 cm³/mol. The molecule has 0 saturated carbocycles. The summed E-state index contributed by atoms with van der Waals surface area (Å²) in [6.45, 7) is 2.03. The van der Waals surface area contributed by atoms with Crippen LogP contribution in [0.3, 0.4) is 0 Å². The van der Waals surface area contributed by atoms with E-state index in [1.165, 1.54) is 17.3 Å². The van der Waals surface area contributed by atoms with E-state index in [9.17, 15) is 4.79 Å². The molecule has 2 aromatic rings. The normalized spacial score (nSPS) is 10.4. The molecular weight excluding hydrogens is 236 g/mol. The van der Waals surface area contributed by atoms with Crippen LogP contribution in [0.15, 0.2) is 33.9 Å². The number of hydrogen-bond donors (Lipinski definition) is 0. The van der Waals surface area contributed by atoms with Gasteiger partial charge < -0.3 is 9.21 Å². The summed E-state index contributed by atoms with van der Waals surface area (Å²) in [6, 6.07) is 7.89. The summed E-state index contributed by atoms with van der Waals surface area (Å²) >= 11 is 1.39. The van der Waals surface area contributed by atoms with E-state index in [4.69, 9.17) is 4.42 Å². The Bertz CT molecular complexity index is 493. The van der Waals surface area contributed by atoms with Crippen molar-refractivity contribution in [3.63, 3.8) is 0 Å². The summed E-state index contributed by atoms with van der Waals surface area (Å²) in [7, 11) is 0. The fourth-order valence-electron chi connectivity index (χ4n) is 1.28. The Kier molecular flexibility index (Phi) is 3.93. The molecule has 4 nitrogen and oxygen atoms in total. The van der Waals surface area contributed by atoms with Crippen molar-refractivity contribution in [3.8, 4) is 11.5 Å². The van der Waals surface area contributed by atoms with Gasteiger partial charge in [-0.15, -0.1) is 10.2 Å². The van der Waals surface area contributed by atoms with Gasteiger partial charge in [0.25, 0.3) is 5.22 Å². The summed E-state index contributed by atoms with van der Waals surface area (Å²) < 4.78 is 5.48. The van der Waals surface area contributed by atoms with Gasteiger partial charge in [-0.25, -0.2) is 0 Å². The third kappa shape index (κ3) is 3.17. The maximum absolute atomic E-state index is 10.2. The molecule has 0 unspecified atom stereocenters. The number of aromatic nitrogens is 2. The Balaban J connectivity index is 2.07. The van der Waals surface area contributed by atoms with E-state index >= 15 is 0 Å². The molecule has 1 heterocycles. The second-order valence-corrected chi connectivity index (χ2v) is 4.59. The van der Waals surface area contributed by atoms with Crippen LogP contribution in [0, 0.1) is 6.92 Å². The average molecular weight is 248 g/mol. The van der Waals surface area contributed by atoms with E-state index in [0.717, 1.165) is 11.8 Å². The van der Waals surface area contributed by atoms with Gasteiger partial charge in [-0.05, 0) is 19.1 Å². The Hall–Kier alpha value is -1.62. The maximum atomic E-state index is 10.2. The largest absolute Gasteiger partial charge is 0.411 e. The number of hydrogen-bond acceptors (Lipinski definition) is 5. The predicted octanol–water partition coefficient (Wildman–Crippen LogP) is 2.73. The molecule has 0 spiro atoms. The summed E-state index contributed by atoms with van der Waals surface area (Å²) in [5, 5.41) is 8.39. The molecule has 1 aromatic carbocycles. The van der Waals surface area contributed by atoms with Crippen LogP contribution in [-0.4, -0.2) is 22.2 Å². The topological polar surface area (TPSA) is 56.0 Å². The summed E-state index contributed by atoms with van der Waals surface area (Å²) in [4.78, 5) is 10.2. The number of aldehydes is 1. The molecule has 1 aromatic heterocycles. The number of thioether (sulfide) groups is 1. The van der Waals surface area contributed by atoms with Crippen molar-refractivity contribution in [1.29, 1.82) is 0 Å². The fourth-order valence-corrected chi connectivity index (χ4v) is 1.90. The van der Waals surface area contributed by atoms with Crippen molar-refractivity contribution in [2.45, 2.75) is 18.6 Å². The Labute approximate surface area is 103 Å².